The molecular formula is C16H24N2O3. The minimum Gasteiger partial charge on any atom is -0.497 e. The van der Waals surface area contributed by atoms with E-state index >= 15 is 0 Å². The monoisotopic (exact) mass is 292 g/mol. The highest BCUT2D eigenvalue weighted by molar-refractivity contribution is 5.73. The summed E-state index contributed by atoms with van der Waals surface area (Å²) in [5.74, 6) is 1.16. The third kappa shape index (κ3) is 4.93. The van der Waals surface area contributed by atoms with Crippen LogP contribution in [0.4, 0.5) is 4.79 Å². The first-order chi connectivity index (χ1) is 10.0. The van der Waals surface area contributed by atoms with Gasteiger partial charge in [0.2, 0.25) is 0 Å². The second-order valence-electron chi connectivity index (χ2n) is 5.84. The lowest BCUT2D eigenvalue weighted by molar-refractivity contribution is 0.0394. The van der Waals surface area contributed by atoms with E-state index in [9.17, 15) is 9.90 Å². The Morgan fingerprint density at radius 2 is 2.00 bits per heavy atom. The van der Waals surface area contributed by atoms with Gasteiger partial charge in [-0.3, -0.25) is 0 Å². The van der Waals surface area contributed by atoms with Crippen LogP contribution in [0.5, 0.6) is 5.75 Å². The lowest BCUT2D eigenvalue weighted by Gasteiger charge is -2.23. The van der Waals surface area contributed by atoms with Gasteiger partial charge in [0.15, 0.2) is 0 Å². The Morgan fingerprint density at radius 1 is 1.33 bits per heavy atom. The predicted molar refractivity (Wildman–Crippen MR) is 81.4 cm³/mol. The normalized spacial score (nSPS) is 16.9. The van der Waals surface area contributed by atoms with Gasteiger partial charge in [-0.1, -0.05) is 12.1 Å². The number of aliphatic hydroxyl groups is 1. The minimum atomic E-state index is -0.784. The van der Waals surface area contributed by atoms with Crippen molar-refractivity contribution in [2.75, 3.05) is 20.2 Å². The Hall–Kier alpha value is -1.75. The molecule has 1 aliphatic rings. The van der Waals surface area contributed by atoms with E-state index in [0.717, 1.165) is 30.6 Å². The second kappa shape index (κ2) is 6.80. The Kier molecular flexibility index (Phi) is 5.07. The largest absolute Gasteiger partial charge is 0.497 e. The van der Waals surface area contributed by atoms with Crippen molar-refractivity contribution in [1.29, 1.82) is 0 Å². The van der Waals surface area contributed by atoms with Gasteiger partial charge in [-0.15, -0.1) is 0 Å². The zero-order chi connectivity index (χ0) is 15.3. The summed E-state index contributed by atoms with van der Waals surface area (Å²) in [6.07, 6.45) is 2.86. The molecule has 0 saturated heterocycles. The molecule has 1 saturated carbocycles. The number of hydrogen-bond donors (Lipinski definition) is 3. The first-order valence-corrected chi connectivity index (χ1v) is 7.38. The summed E-state index contributed by atoms with van der Waals surface area (Å²) in [7, 11) is 1.64. The van der Waals surface area contributed by atoms with Crippen molar-refractivity contribution in [3.05, 3.63) is 29.8 Å². The summed E-state index contributed by atoms with van der Waals surface area (Å²) in [4.78, 5) is 11.7. The average Bonchev–Trinajstić information content (AvgIpc) is 3.31. The number of carbonyl (C=O) groups is 1. The molecule has 2 amide bonds. The molecular weight excluding hydrogens is 268 g/mol. The van der Waals surface area contributed by atoms with E-state index in [-0.39, 0.29) is 6.03 Å². The molecule has 0 radical (unpaired) electrons. The molecule has 1 aliphatic carbocycles. The number of hydrogen-bond acceptors (Lipinski definition) is 3. The fraction of sp³-hybridized carbons (Fsp3) is 0.562. The average molecular weight is 292 g/mol. The molecule has 1 unspecified atom stereocenters. The van der Waals surface area contributed by atoms with Gasteiger partial charge < -0.3 is 20.5 Å². The quantitative estimate of drug-likeness (QED) is 0.716. The number of carbonyl (C=O) groups excluding carboxylic acids is 1. The highest BCUT2D eigenvalue weighted by Gasteiger charge is 2.39. The molecule has 0 bridgehead atoms. The van der Waals surface area contributed by atoms with E-state index in [1.807, 2.05) is 24.3 Å². The zero-order valence-corrected chi connectivity index (χ0v) is 12.7. The summed E-state index contributed by atoms with van der Waals surface area (Å²) in [5, 5.41) is 15.6. The molecule has 0 aromatic heterocycles. The van der Waals surface area contributed by atoms with Gasteiger partial charge in [0.25, 0.3) is 0 Å². The van der Waals surface area contributed by atoms with Gasteiger partial charge >= 0.3 is 6.03 Å². The molecule has 1 aromatic rings. The van der Waals surface area contributed by atoms with E-state index in [0.29, 0.717) is 19.0 Å². The van der Waals surface area contributed by atoms with Crippen LogP contribution in [0, 0.1) is 5.92 Å². The molecule has 21 heavy (non-hydrogen) atoms. The molecule has 1 fully saturated rings. The van der Waals surface area contributed by atoms with Crippen LogP contribution < -0.4 is 15.4 Å². The standard InChI is InChI=1S/C16H24N2O3/c1-16(20,13-5-6-13)11-18-15(19)17-10-9-12-3-7-14(21-2)8-4-12/h3-4,7-8,13,20H,5-6,9-11H2,1-2H3,(H2,17,18,19). The van der Waals surface area contributed by atoms with Crippen molar-refractivity contribution in [2.45, 2.75) is 31.8 Å². The van der Waals surface area contributed by atoms with Crippen LogP contribution >= 0.6 is 0 Å². The smallest absolute Gasteiger partial charge is 0.314 e. The molecule has 0 aliphatic heterocycles. The maximum absolute atomic E-state index is 11.7. The molecule has 2 rings (SSSR count). The minimum absolute atomic E-state index is 0.232. The molecule has 1 aromatic carbocycles. The van der Waals surface area contributed by atoms with Crippen LogP contribution in [0.25, 0.3) is 0 Å². The van der Waals surface area contributed by atoms with E-state index < -0.39 is 5.60 Å². The van der Waals surface area contributed by atoms with Crippen LogP contribution in [0.2, 0.25) is 0 Å². The molecule has 116 valence electrons. The number of nitrogens with one attached hydrogen (secondary N) is 2. The first-order valence-electron chi connectivity index (χ1n) is 7.38. The highest BCUT2D eigenvalue weighted by atomic mass is 16.5. The summed E-state index contributed by atoms with van der Waals surface area (Å²) in [6.45, 7) is 2.64. The fourth-order valence-electron chi connectivity index (χ4n) is 2.28. The molecule has 5 nitrogen and oxygen atoms in total. The van der Waals surface area contributed by atoms with Crippen molar-refractivity contribution in [3.63, 3.8) is 0 Å². The van der Waals surface area contributed by atoms with Gasteiger partial charge in [0, 0.05) is 13.1 Å². The van der Waals surface area contributed by atoms with Gasteiger partial charge in [0.05, 0.1) is 12.7 Å². The van der Waals surface area contributed by atoms with Crippen LogP contribution in [0.3, 0.4) is 0 Å². The van der Waals surface area contributed by atoms with Gasteiger partial charge in [-0.2, -0.15) is 0 Å². The Morgan fingerprint density at radius 3 is 2.57 bits per heavy atom. The number of urea groups is 1. The Bertz CT molecular complexity index is 467. The number of amides is 2. The van der Waals surface area contributed by atoms with Gasteiger partial charge in [-0.25, -0.2) is 4.79 Å². The highest BCUT2D eigenvalue weighted by Crippen LogP contribution is 2.38. The zero-order valence-electron chi connectivity index (χ0n) is 12.7. The maximum atomic E-state index is 11.7. The van der Waals surface area contributed by atoms with Gasteiger partial charge in [-0.05, 0) is 49.8 Å². The van der Waals surface area contributed by atoms with E-state index in [1.54, 1.807) is 14.0 Å². The Labute approximate surface area is 125 Å². The van der Waals surface area contributed by atoms with Crippen molar-refractivity contribution in [2.24, 2.45) is 5.92 Å². The van der Waals surface area contributed by atoms with Crippen molar-refractivity contribution >= 4 is 6.03 Å². The SMILES string of the molecule is COc1ccc(CCNC(=O)NCC(C)(O)C2CC2)cc1. The summed E-state index contributed by atoms with van der Waals surface area (Å²) >= 11 is 0. The molecule has 0 spiro atoms. The molecule has 1 atom stereocenters. The summed E-state index contributed by atoms with van der Waals surface area (Å²) in [6, 6.07) is 7.54. The van der Waals surface area contributed by atoms with Crippen molar-refractivity contribution in [3.8, 4) is 5.75 Å². The Balaban J connectivity index is 1.64. The van der Waals surface area contributed by atoms with Crippen molar-refractivity contribution in [1.82, 2.24) is 10.6 Å². The summed E-state index contributed by atoms with van der Waals surface area (Å²) in [5.41, 5.74) is 0.355. The lowest BCUT2D eigenvalue weighted by atomic mass is 10.0. The number of benzene rings is 1. The first kappa shape index (κ1) is 15.6. The van der Waals surface area contributed by atoms with E-state index in [4.69, 9.17) is 4.74 Å². The summed E-state index contributed by atoms with van der Waals surface area (Å²) < 4.78 is 5.10. The van der Waals surface area contributed by atoms with Crippen molar-refractivity contribution < 1.29 is 14.6 Å². The lowest BCUT2D eigenvalue weighted by Crippen LogP contribution is -2.46. The van der Waals surface area contributed by atoms with Crippen LogP contribution in [0.15, 0.2) is 24.3 Å². The predicted octanol–water partition coefficient (Wildman–Crippen LogP) is 1.70. The molecule has 5 heteroatoms. The van der Waals surface area contributed by atoms with Crippen LogP contribution in [-0.2, 0) is 6.42 Å². The van der Waals surface area contributed by atoms with Crippen LogP contribution in [-0.4, -0.2) is 36.9 Å². The number of ether oxygens (including phenoxy) is 1. The third-order valence-electron chi connectivity index (χ3n) is 3.92. The van der Waals surface area contributed by atoms with E-state index in [2.05, 4.69) is 10.6 Å². The molecule has 0 heterocycles. The van der Waals surface area contributed by atoms with Crippen LogP contribution in [0.1, 0.15) is 25.3 Å². The third-order valence-corrected chi connectivity index (χ3v) is 3.92. The number of rotatable bonds is 7. The second-order valence-corrected chi connectivity index (χ2v) is 5.84. The molecule has 3 N–H and O–H groups in total. The van der Waals surface area contributed by atoms with Gasteiger partial charge in [0.1, 0.15) is 5.75 Å². The van der Waals surface area contributed by atoms with E-state index in [1.165, 1.54) is 0 Å². The topological polar surface area (TPSA) is 70.6 Å². The number of methoxy groups -OCH3 is 1. The maximum Gasteiger partial charge on any atom is 0.314 e. The fourth-order valence-corrected chi connectivity index (χ4v) is 2.28.